The van der Waals surface area contributed by atoms with Gasteiger partial charge in [0, 0.05) is 57.6 Å². The standard InChI is InChI=1S/C19H32N6O2S.HI/c1-3-27-19(26)25-12-7-15(8-13-25)22-17(20-2)21-9-6-16-14-28-18(23-16)24-10-4-5-11-24;/h14-15H,3-13H2,1-2H3,(H2,20,21,22);1H. The number of likely N-dealkylation sites (tertiary alicyclic amines) is 1. The van der Waals surface area contributed by atoms with Crippen LogP contribution in [0, 0.1) is 0 Å². The van der Waals surface area contributed by atoms with Gasteiger partial charge in [-0.25, -0.2) is 9.78 Å². The first kappa shape index (κ1) is 24.0. The zero-order valence-corrected chi connectivity index (χ0v) is 20.5. The van der Waals surface area contributed by atoms with Crippen LogP contribution in [-0.4, -0.2) is 74.4 Å². The van der Waals surface area contributed by atoms with E-state index in [0.717, 1.165) is 55.7 Å². The number of piperidine rings is 1. The second-order valence-electron chi connectivity index (χ2n) is 7.17. The minimum absolute atomic E-state index is 0. The van der Waals surface area contributed by atoms with E-state index in [1.165, 1.54) is 12.8 Å². The number of thiazole rings is 1. The van der Waals surface area contributed by atoms with Gasteiger partial charge in [0.1, 0.15) is 0 Å². The molecule has 3 heterocycles. The maximum Gasteiger partial charge on any atom is 0.409 e. The van der Waals surface area contributed by atoms with Crippen LogP contribution in [0.3, 0.4) is 0 Å². The number of carbonyl (C=O) groups excluding carboxylic acids is 1. The van der Waals surface area contributed by atoms with E-state index in [4.69, 9.17) is 9.72 Å². The largest absolute Gasteiger partial charge is 0.450 e. The Kier molecular flexibility index (Phi) is 10.3. The Morgan fingerprint density at radius 2 is 2.03 bits per heavy atom. The number of hydrogen-bond acceptors (Lipinski definition) is 6. The summed E-state index contributed by atoms with van der Waals surface area (Å²) in [6.45, 7) is 6.75. The molecule has 2 aliphatic rings. The molecule has 1 amide bonds. The Morgan fingerprint density at radius 3 is 2.69 bits per heavy atom. The van der Waals surface area contributed by atoms with E-state index in [1.54, 1.807) is 23.3 Å². The number of nitrogens with zero attached hydrogens (tertiary/aromatic N) is 4. The van der Waals surface area contributed by atoms with E-state index >= 15 is 0 Å². The van der Waals surface area contributed by atoms with E-state index in [9.17, 15) is 4.79 Å². The van der Waals surface area contributed by atoms with Crippen molar-refractivity contribution in [2.75, 3.05) is 51.3 Å². The summed E-state index contributed by atoms with van der Waals surface area (Å²) in [5, 5.41) is 10.2. The topological polar surface area (TPSA) is 82.1 Å². The molecule has 2 aliphatic heterocycles. The number of carbonyl (C=O) groups is 1. The van der Waals surface area contributed by atoms with Crippen molar-refractivity contribution in [2.24, 2.45) is 4.99 Å². The average molecular weight is 536 g/mol. The molecule has 8 nitrogen and oxygen atoms in total. The number of anilines is 1. The van der Waals surface area contributed by atoms with Crippen LogP contribution in [0.15, 0.2) is 10.4 Å². The molecule has 1 aromatic rings. The molecular formula is C19H33IN6O2S. The van der Waals surface area contributed by atoms with Gasteiger partial charge in [0.15, 0.2) is 11.1 Å². The quantitative estimate of drug-likeness (QED) is 0.331. The van der Waals surface area contributed by atoms with Gasteiger partial charge in [0.05, 0.1) is 12.3 Å². The highest BCUT2D eigenvalue weighted by atomic mass is 127. The number of rotatable bonds is 6. The Hall–Kier alpha value is -1.30. The number of aromatic nitrogens is 1. The van der Waals surface area contributed by atoms with Crippen molar-refractivity contribution in [3.05, 3.63) is 11.1 Å². The normalized spacial score (nSPS) is 17.8. The van der Waals surface area contributed by atoms with E-state index < -0.39 is 0 Å². The molecule has 1 aromatic heterocycles. The maximum absolute atomic E-state index is 11.8. The average Bonchev–Trinajstić information content (AvgIpc) is 3.39. The first-order valence-electron chi connectivity index (χ1n) is 10.3. The minimum Gasteiger partial charge on any atom is -0.450 e. The van der Waals surface area contributed by atoms with Crippen molar-refractivity contribution in [2.45, 2.75) is 45.1 Å². The summed E-state index contributed by atoms with van der Waals surface area (Å²) in [7, 11) is 1.79. The summed E-state index contributed by atoms with van der Waals surface area (Å²) >= 11 is 1.74. The molecule has 10 heteroatoms. The van der Waals surface area contributed by atoms with Crippen LogP contribution >= 0.6 is 35.3 Å². The van der Waals surface area contributed by atoms with Crippen LogP contribution in [0.1, 0.15) is 38.3 Å². The predicted molar refractivity (Wildman–Crippen MR) is 129 cm³/mol. The Labute approximate surface area is 194 Å². The van der Waals surface area contributed by atoms with Crippen LogP contribution in [0.2, 0.25) is 0 Å². The zero-order valence-electron chi connectivity index (χ0n) is 17.4. The lowest BCUT2D eigenvalue weighted by molar-refractivity contribution is 0.0963. The van der Waals surface area contributed by atoms with Crippen molar-refractivity contribution < 1.29 is 9.53 Å². The molecule has 0 unspecified atom stereocenters. The molecule has 29 heavy (non-hydrogen) atoms. The minimum atomic E-state index is -0.208. The molecule has 2 N–H and O–H groups in total. The van der Waals surface area contributed by atoms with Crippen molar-refractivity contribution in [1.29, 1.82) is 0 Å². The molecule has 3 rings (SSSR count). The Morgan fingerprint density at radius 1 is 1.31 bits per heavy atom. The lowest BCUT2D eigenvalue weighted by Gasteiger charge is -2.32. The van der Waals surface area contributed by atoms with Crippen molar-refractivity contribution >= 4 is 52.5 Å². The Balaban J connectivity index is 0.00000300. The molecule has 2 saturated heterocycles. The van der Waals surface area contributed by atoms with Gasteiger partial charge in [-0.1, -0.05) is 0 Å². The third kappa shape index (κ3) is 7.16. The first-order valence-corrected chi connectivity index (χ1v) is 11.2. The van der Waals surface area contributed by atoms with Gasteiger partial charge < -0.3 is 25.2 Å². The summed E-state index contributed by atoms with van der Waals surface area (Å²) in [6.07, 6.45) is 5.01. The molecule has 0 bridgehead atoms. The van der Waals surface area contributed by atoms with Gasteiger partial charge in [0.25, 0.3) is 0 Å². The third-order valence-corrected chi connectivity index (χ3v) is 6.13. The molecule has 2 fully saturated rings. The summed E-state index contributed by atoms with van der Waals surface area (Å²) in [4.78, 5) is 25.0. The van der Waals surface area contributed by atoms with Gasteiger partial charge >= 0.3 is 6.09 Å². The SMILES string of the molecule is CCOC(=O)N1CCC(NC(=NC)NCCc2csc(N3CCCC3)n2)CC1.I. The highest BCUT2D eigenvalue weighted by molar-refractivity contribution is 14.0. The van der Waals surface area contributed by atoms with E-state index in [2.05, 4.69) is 25.9 Å². The fourth-order valence-corrected chi connectivity index (χ4v) is 4.50. The van der Waals surface area contributed by atoms with E-state index in [-0.39, 0.29) is 30.1 Å². The number of halogens is 1. The van der Waals surface area contributed by atoms with Gasteiger partial charge in [-0.05, 0) is 32.6 Å². The van der Waals surface area contributed by atoms with Crippen molar-refractivity contribution in [1.82, 2.24) is 20.5 Å². The number of aliphatic imine (C=N–C) groups is 1. The van der Waals surface area contributed by atoms with Gasteiger partial charge in [-0.3, -0.25) is 4.99 Å². The summed E-state index contributed by atoms with van der Waals surface area (Å²) in [5.41, 5.74) is 1.14. The molecule has 0 spiro atoms. The van der Waals surface area contributed by atoms with Crippen LogP contribution in [0.5, 0.6) is 0 Å². The lowest BCUT2D eigenvalue weighted by Crippen LogP contribution is -2.50. The van der Waals surface area contributed by atoms with Gasteiger partial charge in [-0.15, -0.1) is 35.3 Å². The van der Waals surface area contributed by atoms with Gasteiger partial charge in [0.2, 0.25) is 0 Å². The van der Waals surface area contributed by atoms with E-state index in [0.29, 0.717) is 25.7 Å². The zero-order chi connectivity index (χ0) is 19.8. The van der Waals surface area contributed by atoms with Crippen molar-refractivity contribution in [3.63, 3.8) is 0 Å². The molecular weight excluding hydrogens is 503 g/mol. The van der Waals surface area contributed by atoms with Crippen LogP contribution in [0.25, 0.3) is 0 Å². The third-order valence-electron chi connectivity index (χ3n) is 5.18. The number of amides is 1. The van der Waals surface area contributed by atoms with Crippen molar-refractivity contribution in [3.8, 4) is 0 Å². The summed E-state index contributed by atoms with van der Waals surface area (Å²) < 4.78 is 5.07. The number of ether oxygens (including phenoxy) is 1. The second-order valence-corrected chi connectivity index (χ2v) is 8.01. The molecule has 0 saturated carbocycles. The Bertz CT molecular complexity index is 657. The maximum atomic E-state index is 11.8. The van der Waals surface area contributed by atoms with Crippen LogP contribution in [0.4, 0.5) is 9.93 Å². The predicted octanol–water partition coefficient (Wildman–Crippen LogP) is 2.69. The fraction of sp³-hybridized carbons (Fsp3) is 0.737. The number of hydrogen-bond donors (Lipinski definition) is 2. The number of nitrogens with one attached hydrogen (secondary N) is 2. The summed E-state index contributed by atoms with van der Waals surface area (Å²) in [6, 6.07) is 0.318. The molecule has 0 aromatic carbocycles. The first-order chi connectivity index (χ1) is 13.7. The lowest BCUT2D eigenvalue weighted by atomic mass is 10.1. The van der Waals surface area contributed by atoms with Crippen LogP contribution in [-0.2, 0) is 11.2 Å². The van der Waals surface area contributed by atoms with Crippen LogP contribution < -0.4 is 15.5 Å². The highest BCUT2D eigenvalue weighted by Crippen LogP contribution is 2.24. The van der Waals surface area contributed by atoms with E-state index in [1.807, 2.05) is 6.92 Å². The number of guanidine groups is 1. The molecule has 0 atom stereocenters. The summed E-state index contributed by atoms with van der Waals surface area (Å²) in [5.74, 6) is 0.810. The molecule has 0 aliphatic carbocycles. The van der Waals surface area contributed by atoms with Gasteiger partial charge in [-0.2, -0.15) is 0 Å². The highest BCUT2D eigenvalue weighted by Gasteiger charge is 2.24. The fourth-order valence-electron chi connectivity index (χ4n) is 3.58. The monoisotopic (exact) mass is 536 g/mol. The smallest absolute Gasteiger partial charge is 0.409 e. The molecule has 164 valence electrons. The second kappa shape index (κ2) is 12.4. The molecule has 0 radical (unpaired) electrons.